The van der Waals surface area contributed by atoms with Gasteiger partial charge in [-0.05, 0) is 18.9 Å². The number of hydrogen-bond donors (Lipinski definition) is 0. The van der Waals surface area contributed by atoms with Crippen LogP contribution in [0, 0.1) is 15.9 Å². The summed E-state index contributed by atoms with van der Waals surface area (Å²) in [4.78, 5) is 11.5. The first-order valence-electron chi connectivity index (χ1n) is 5.41. The van der Waals surface area contributed by atoms with Gasteiger partial charge in [-0.3, -0.25) is 10.1 Å². The molecule has 1 saturated heterocycles. The van der Waals surface area contributed by atoms with Gasteiger partial charge >= 0.3 is 0 Å². The van der Waals surface area contributed by atoms with Crippen LogP contribution in [-0.2, 0) is 0 Å². The Balaban J connectivity index is 2.19. The smallest absolute Gasteiger partial charge is 0.272 e. The molecule has 4 nitrogen and oxygen atoms in total. The molecule has 17 heavy (non-hydrogen) atoms. The highest BCUT2D eigenvalue weighted by molar-refractivity contribution is 5.52. The van der Waals surface area contributed by atoms with Crippen molar-refractivity contribution in [3.63, 3.8) is 0 Å². The van der Waals surface area contributed by atoms with Crippen molar-refractivity contribution in [2.75, 3.05) is 18.0 Å². The van der Waals surface area contributed by atoms with Gasteiger partial charge < -0.3 is 4.90 Å². The maximum absolute atomic E-state index is 13.7. The number of nitro benzene ring substituents is 1. The summed E-state index contributed by atoms with van der Waals surface area (Å²) < 4.78 is 26.6. The zero-order chi connectivity index (χ0) is 12.4. The number of benzene rings is 1. The lowest BCUT2D eigenvalue weighted by molar-refractivity contribution is -0.385. The van der Waals surface area contributed by atoms with Gasteiger partial charge in [-0.1, -0.05) is 0 Å². The van der Waals surface area contributed by atoms with Gasteiger partial charge in [0.15, 0.2) is 5.82 Å². The Hall–Kier alpha value is -1.72. The van der Waals surface area contributed by atoms with Crippen molar-refractivity contribution in [3.05, 3.63) is 34.1 Å². The Morgan fingerprint density at radius 1 is 1.35 bits per heavy atom. The molecule has 0 aromatic heterocycles. The van der Waals surface area contributed by atoms with Crippen LogP contribution in [0.4, 0.5) is 20.2 Å². The van der Waals surface area contributed by atoms with E-state index in [0.29, 0.717) is 31.6 Å². The van der Waals surface area contributed by atoms with Crippen molar-refractivity contribution in [2.24, 2.45) is 0 Å². The lowest BCUT2D eigenvalue weighted by Crippen LogP contribution is -2.34. The van der Waals surface area contributed by atoms with Crippen LogP contribution in [0.5, 0.6) is 0 Å². The van der Waals surface area contributed by atoms with Crippen LogP contribution >= 0.6 is 0 Å². The zero-order valence-corrected chi connectivity index (χ0v) is 9.10. The number of nitro groups is 1. The van der Waals surface area contributed by atoms with Crippen molar-refractivity contribution < 1.29 is 13.7 Å². The Kier molecular flexibility index (Phi) is 3.21. The number of alkyl halides is 1. The third-order valence-electron chi connectivity index (χ3n) is 2.91. The van der Waals surface area contributed by atoms with E-state index >= 15 is 0 Å². The summed E-state index contributed by atoms with van der Waals surface area (Å²) in [6.07, 6.45) is -0.0836. The first kappa shape index (κ1) is 11.8. The molecule has 0 unspecified atom stereocenters. The second-order valence-corrected chi connectivity index (χ2v) is 4.05. The number of rotatable bonds is 2. The zero-order valence-electron chi connectivity index (χ0n) is 9.10. The summed E-state index contributed by atoms with van der Waals surface area (Å²) in [5.74, 6) is -0.628. The fraction of sp³-hybridized carbons (Fsp3) is 0.455. The molecule has 6 heteroatoms. The molecule has 0 amide bonds. The fourth-order valence-corrected chi connectivity index (χ4v) is 1.95. The summed E-state index contributed by atoms with van der Waals surface area (Å²) in [5.41, 5.74) is 0.0362. The van der Waals surface area contributed by atoms with E-state index in [9.17, 15) is 18.9 Å². The minimum atomic E-state index is -0.827. The molecule has 0 N–H and O–H groups in total. The van der Waals surface area contributed by atoms with Gasteiger partial charge in [0.1, 0.15) is 6.17 Å². The van der Waals surface area contributed by atoms with Crippen molar-refractivity contribution in [2.45, 2.75) is 19.0 Å². The van der Waals surface area contributed by atoms with Gasteiger partial charge in [-0.15, -0.1) is 0 Å². The van der Waals surface area contributed by atoms with Gasteiger partial charge in [0, 0.05) is 19.2 Å². The van der Waals surface area contributed by atoms with Crippen LogP contribution in [0.25, 0.3) is 0 Å². The Labute approximate surface area is 97.0 Å². The summed E-state index contributed by atoms with van der Waals surface area (Å²) in [6.45, 7) is 0.881. The molecular weight excluding hydrogens is 230 g/mol. The molecule has 0 spiro atoms. The van der Waals surface area contributed by atoms with Gasteiger partial charge in [-0.25, -0.2) is 8.78 Å². The van der Waals surface area contributed by atoms with Gasteiger partial charge in [0.2, 0.25) is 0 Å². The van der Waals surface area contributed by atoms with E-state index in [1.165, 1.54) is 12.1 Å². The van der Waals surface area contributed by atoms with E-state index in [-0.39, 0.29) is 5.69 Å². The highest BCUT2D eigenvalue weighted by Crippen LogP contribution is 2.27. The van der Waals surface area contributed by atoms with Crippen molar-refractivity contribution in [3.8, 4) is 0 Å². The molecule has 2 rings (SSSR count). The average Bonchev–Trinajstić information content (AvgIpc) is 2.30. The molecule has 1 aliphatic heterocycles. The normalized spacial score (nSPS) is 17.2. The quantitative estimate of drug-likeness (QED) is 0.591. The molecule has 1 aromatic rings. The highest BCUT2D eigenvalue weighted by Gasteiger charge is 2.21. The first-order valence-corrected chi connectivity index (χ1v) is 5.41. The minimum absolute atomic E-state index is 0.272. The molecule has 1 fully saturated rings. The summed E-state index contributed by atoms with van der Waals surface area (Å²) >= 11 is 0. The van der Waals surface area contributed by atoms with E-state index in [2.05, 4.69) is 0 Å². The Morgan fingerprint density at radius 3 is 2.53 bits per heavy atom. The van der Waals surface area contributed by atoms with Crippen LogP contribution in [-0.4, -0.2) is 24.2 Å². The van der Waals surface area contributed by atoms with E-state index in [1.807, 2.05) is 0 Å². The van der Waals surface area contributed by atoms with Crippen LogP contribution in [0.15, 0.2) is 18.2 Å². The SMILES string of the molecule is O=[N+]([O-])c1ccc(N2CCC(F)CC2)c(F)c1. The molecule has 0 atom stereocenters. The number of anilines is 1. The molecule has 1 heterocycles. The molecule has 92 valence electrons. The second kappa shape index (κ2) is 4.65. The summed E-state index contributed by atoms with van der Waals surface area (Å²) in [7, 11) is 0. The van der Waals surface area contributed by atoms with E-state index in [1.54, 1.807) is 4.90 Å². The molecule has 1 aromatic carbocycles. The topological polar surface area (TPSA) is 46.4 Å². The average molecular weight is 242 g/mol. The number of non-ortho nitro benzene ring substituents is 1. The van der Waals surface area contributed by atoms with Crippen molar-refractivity contribution in [1.29, 1.82) is 0 Å². The van der Waals surface area contributed by atoms with Gasteiger partial charge in [0.05, 0.1) is 16.7 Å². The first-order chi connectivity index (χ1) is 8.08. The third kappa shape index (κ3) is 2.51. The van der Waals surface area contributed by atoms with E-state index in [4.69, 9.17) is 0 Å². The number of piperidine rings is 1. The predicted octanol–water partition coefficient (Wildman–Crippen LogP) is 2.67. The van der Waals surface area contributed by atoms with Gasteiger partial charge in [-0.2, -0.15) is 0 Å². The maximum atomic E-state index is 13.7. The van der Waals surface area contributed by atoms with E-state index in [0.717, 1.165) is 6.07 Å². The fourth-order valence-electron chi connectivity index (χ4n) is 1.95. The molecule has 1 aliphatic rings. The van der Waals surface area contributed by atoms with E-state index < -0.39 is 16.9 Å². The number of halogens is 2. The van der Waals surface area contributed by atoms with Crippen LogP contribution < -0.4 is 4.90 Å². The number of hydrogen-bond acceptors (Lipinski definition) is 3. The number of nitrogens with zero attached hydrogens (tertiary/aromatic N) is 2. The lowest BCUT2D eigenvalue weighted by Gasteiger charge is -2.30. The second-order valence-electron chi connectivity index (χ2n) is 4.05. The lowest BCUT2D eigenvalue weighted by atomic mass is 10.1. The monoisotopic (exact) mass is 242 g/mol. The van der Waals surface area contributed by atoms with Crippen molar-refractivity contribution >= 4 is 11.4 Å². The predicted molar refractivity (Wildman–Crippen MR) is 59.4 cm³/mol. The Morgan fingerprint density at radius 2 is 2.00 bits per heavy atom. The highest BCUT2D eigenvalue weighted by atomic mass is 19.1. The van der Waals surface area contributed by atoms with Crippen LogP contribution in [0.1, 0.15) is 12.8 Å². The minimum Gasteiger partial charge on any atom is -0.369 e. The van der Waals surface area contributed by atoms with Crippen LogP contribution in [0.2, 0.25) is 0 Å². The molecular formula is C11H12F2N2O2. The Bertz CT molecular complexity index is 431. The molecule has 0 radical (unpaired) electrons. The largest absolute Gasteiger partial charge is 0.369 e. The summed E-state index contributed by atoms with van der Waals surface area (Å²) in [5, 5.41) is 10.5. The van der Waals surface area contributed by atoms with Gasteiger partial charge in [0.25, 0.3) is 5.69 Å². The third-order valence-corrected chi connectivity index (χ3v) is 2.91. The van der Waals surface area contributed by atoms with Crippen LogP contribution in [0.3, 0.4) is 0 Å². The molecule has 0 saturated carbocycles. The maximum Gasteiger partial charge on any atom is 0.272 e. The van der Waals surface area contributed by atoms with Crippen molar-refractivity contribution in [1.82, 2.24) is 0 Å². The molecule has 0 bridgehead atoms. The molecule has 0 aliphatic carbocycles. The summed E-state index contributed by atoms with van der Waals surface area (Å²) in [6, 6.07) is 3.54. The standard InChI is InChI=1S/C11H12F2N2O2/c12-8-3-5-14(6-4-8)11-2-1-9(15(16)17)7-10(11)13/h1-2,7-8H,3-6H2.